The van der Waals surface area contributed by atoms with Gasteiger partial charge in [-0.05, 0) is 90.7 Å². The Kier molecular flexibility index (Phi) is 4.90. The van der Waals surface area contributed by atoms with Gasteiger partial charge in [-0.15, -0.1) is 0 Å². The van der Waals surface area contributed by atoms with Crippen LogP contribution in [0, 0.1) is 28.6 Å². The maximum atomic E-state index is 11.3. The van der Waals surface area contributed by atoms with Crippen molar-refractivity contribution in [2.75, 3.05) is 0 Å². The molecule has 1 heterocycles. The molecule has 0 unspecified atom stereocenters. The lowest BCUT2D eigenvalue weighted by Gasteiger charge is -2.58. The molecule has 4 aliphatic rings. The number of fused-ring (bicyclic) bond motifs is 5. The molecular formula is C24H32NO4P. The van der Waals surface area contributed by atoms with Crippen LogP contribution in [0.1, 0.15) is 64.4 Å². The van der Waals surface area contributed by atoms with Gasteiger partial charge in [0.15, 0.2) is 0 Å². The van der Waals surface area contributed by atoms with Crippen LogP contribution >= 0.6 is 7.82 Å². The van der Waals surface area contributed by atoms with E-state index in [4.69, 9.17) is 4.52 Å². The Balaban J connectivity index is 1.40. The van der Waals surface area contributed by atoms with Gasteiger partial charge < -0.3 is 9.79 Å². The van der Waals surface area contributed by atoms with Crippen LogP contribution in [0.4, 0.5) is 0 Å². The number of aromatic nitrogens is 1. The predicted octanol–water partition coefficient (Wildman–Crippen LogP) is 5.52. The molecule has 0 bridgehead atoms. The van der Waals surface area contributed by atoms with Crippen molar-refractivity contribution in [1.82, 2.24) is 4.98 Å². The highest BCUT2D eigenvalue weighted by Crippen LogP contribution is 2.66. The molecule has 1 aromatic heterocycles. The fraction of sp³-hybridized carbons (Fsp3) is 0.625. The first kappa shape index (κ1) is 20.6. The summed E-state index contributed by atoms with van der Waals surface area (Å²) in [5, 5.41) is 0. The normalized spacial score (nSPS) is 40.7. The van der Waals surface area contributed by atoms with Crippen LogP contribution < -0.4 is 0 Å². The number of pyridine rings is 1. The van der Waals surface area contributed by atoms with Gasteiger partial charge >= 0.3 is 7.82 Å². The van der Waals surface area contributed by atoms with E-state index in [0.717, 1.165) is 25.7 Å². The molecular weight excluding hydrogens is 397 g/mol. The van der Waals surface area contributed by atoms with Gasteiger partial charge in [0.05, 0.1) is 6.10 Å². The second kappa shape index (κ2) is 7.13. The molecule has 0 aliphatic heterocycles. The molecule has 0 aromatic carbocycles. The highest BCUT2D eigenvalue weighted by Gasteiger charge is 2.57. The molecule has 0 amide bonds. The van der Waals surface area contributed by atoms with Crippen LogP contribution in [0.25, 0.3) is 5.57 Å². The van der Waals surface area contributed by atoms with Gasteiger partial charge in [0.2, 0.25) is 0 Å². The predicted molar refractivity (Wildman–Crippen MR) is 116 cm³/mol. The third-order valence-corrected chi connectivity index (χ3v) is 9.47. The Morgan fingerprint density at radius 3 is 2.63 bits per heavy atom. The van der Waals surface area contributed by atoms with Gasteiger partial charge in [0, 0.05) is 12.4 Å². The van der Waals surface area contributed by atoms with E-state index in [-0.39, 0.29) is 16.9 Å². The Morgan fingerprint density at radius 1 is 1.10 bits per heavy atom. The van der Waals surface area contributed by atoms with Crippen molar-refractivity contribution in [2.24, 2.45) is 28.6 Å². The van der Waals surface area contributed by atoms with Crippen molar-refractivity contribution in [3.05, 3.63) is 47.8 Å². The molecule has 0 radical (unpaired) electrons. The first-order chi connectivity index (χ1) is 14.2. The molecule has 1 aromatic rings. The van der Waals surface area contributed by atoms with Crippen LogP contribution in [0.3, 0.4) is 0 Å². The molecule has 6 atom stereocenters. The van der Waals surface area contributed by atoms with Crippen molar-refractivity contribution in [3.8, 4) is 0 Å². The number of allylic oxidation sites excluding steroid dienone is 3. The second-order valence-electron chi connectivity index (χ2n) is 10.3. The molecule has 2 fully saturated rings. The summed E-state index contributed by atoms with van der Waals surface area (Å²) in [6, 6.07) is 4.23. The maximum Gasteiger partial charge on any atom is 0.469 e. The molecule has 5 nitrogen and oxygen atoms in total. The Morgan fingerprint density at radius 2 is 1.90 bits per heavy atom. The highest BCUT2D eigenvalue weighted by molar-refractivity contribution is 7.46. The van der Waals surface area contributed by atoms with Gasteiger partial charge in [-0.1, -0.05) is 37.6 Å². The van der Waals surface area contributed by atoms with E-state index < -0.39 is 7.82 Å². The summed E-state index contributed by atoms with van der Waals surface area (Å²) in [5.41, 5.74) is 4.48. The number of hydrogen-bond acceptors (Lipinski definition) is 3. The number of phosphoric acid groups is 1. The fourth-order valence-corrected chi connectivity index (χ4v) is 8.02. The first-order valence-corrected chi connectivity index (χ1v) is 12.8. The highest BCUT2D eigenvalue weighted by atomic mass is 31.2. The number of nitrogens with zero attached hydrogens (tertiary/aromatic N) is 1. The minimum absolute atomic E-state index is 0.135. The van der Waals surface area contributed by atoms with E-state index in [1.807, 2.05) is 18.5 Å². The summed E-state index contributed by atoms with van der Waals surface area (Å²) in [6.45, 7) is 4.86. The van der Waals surface area contributed by atoms with Crippen molar-refractivity contribution in [2.45, 2.75) is 64.9 Å². The minimum Gasteiger partial charge on any atom is -0.303 e. The zero-order valence-corrected chi connectivity index (χ0v) is 18.7. The summed E-state index contributed by atoms with van der Waals surface area (Å²) in [4.78, 5) is 22.8. The molecule has 2 saturated carbocycles. The van der Waals surface area contributed by atoms with Gasteiger partial charge in [-0.3, -0.25) is 9.51 Å². The number of rotatable bonds is 3. The fourth-order valence-electron chi connectivity index (χ4n) is 7.45. The minimum atomic E-state index is -4.43. The van der Waals surface area contributed by atoms with Gasteiger partial charge in [-0.2, -0.15) is 0 Å². The van der Waals surface area contributed by atoms with E-state index in [2.05, 4.69) is 37.0 Å². The quantitative estimate of drug-likeness (QED) is 0.489. The Bertz CT molecular complexity index is 938. The van der Waals surface area contributed by atoms with Gasteiger partial charge in [-0.25, -0.2) is 4.57 Å². The standard InChI is InChI=1S/C24H32NO4P/c1-23-11-9-18(29-30(26,27)28)14-17(23)5-6-19-21-8-7-20(16-4-3-13-25-15-16)24(21,2)12-10-22(19)23/h3-5,7,13,15,18-19,21-22H,6,8-12,14H2,1-2H3,(H2,26,27,28)/t18-,19-,21-,22-,23-,24+/m0/s1. The second-order valence-corrected chi connectivity index (χ2v) is 11.5. The molecule has 2 N–H and O–H groups in total. The summed E-state index contributed by atoms with van der Waals surface area (Å²) in [7, 11) is -4.43. The SMILES string of the molecule is C[C@]12CC[C@H](OP(=O)(O)O)CC1=CC[C@@H]1[C@@H]2CC[C@]2(C)C(c3cccnc3)=CC[C@@H]12. The monoisotopic (exact) mass is 429 g/mol. The van der Waals surface area contributed by atoms with E-state index in [1.54, 1.807) is 0 Å². The average molecular weight is 429 g/mol. The van der Waals surface area contributed by atoms with Gasteiger partial charge in [0.1, 0.15) is 0 Å². The summed E-state index contributed by atoms with van der Waals surface area (Å²) >= 11 is 0. The van der Waals surface area contributed by atoms with Crippen LogP contribution in [-0.2, 0) is 9.09 Å². The number of hydrogen-bond donors (Lipinski definition) is 2. The van der Waals surface area contributed by atoms with E-state index in [9.17, 15) is 14.4 Å². The zero-order chi connectivity index (χ0) is 21.1. The van der Waals surface area contributed by atoms with Crippen LogP contribution in [-0.4, -0.2) is 20.9 Å². The van der Waals surface area contributed by atoms with Gasteiger partial charge in [0.25, 0.3) is 0 Å². The summed E-state index contributed by atoms with van der Waals surface area (Å²) in [5.74, 6) is 1.97. The van der Waals surface area contributed by atoms with E-state index in [1.165, 1.54) is 29.6 Å². The van der Waals surface area contributed by atoms with Crippen LogP contribution in [0.5, 0.6) is 0 Å². The lowest BCUT2D eigenvalue weighted by Crippen LogP contribution is -2.49. The molecule has 5 rings (SSSR count). The largest absolute Gasteiger partial charge is 0.469 e. The van der Waals surface area contributed by atoms with Crippen LogP contribution in [0.15, 0.2) is 42.3 Å². The third-order valence-electron chi connectivity index (χ3n) is 8.90. The molecule has 162 valence electrons. The Hall–Kier alpha value is -1.26. The average Bonchev–Trinajstić information content (AvgIpc) is 3.05. The van der Waals surface area contributed by atoms with Crippen molar-refractivity contribution in [3.63, 3.8) is 0 Å². The summed E-state index contributed by atoms with van der Waals surface area (Å²) < 4.78 is 16.4. The lowest BCUT2D eigenvalue weighted by atomic mass is 9.47. The zero-order valence-electron chi connectivity index (χ0n) is 17.8. The first-order valence-electron chi connectivity index (χ1n) is 11.3. The van der Waals surface area contributed by atoms with Crippen molar-refractivity contribution >= 4 is 13.4 Å². The third kappa shape index (κ3) is 3.26. The molecule has 0 saturated heterocycles. The van der Waals surface area contributed by atoms with Crippen molar-refractivity contribution in [1.29, 1.82) is 0 Å². The van der Waals surface area contributed by atoms with Crippen LogP contribution in [0.2, 0.25) is 0 Å². The van der Waals surface area contributed by atoms with E-state index >= 15 is 0 Å². The van der Waals surface area contributed by atoms with Crippen molar-refractivity contribution < 1.29 is 18.9 Å². The molecule has 30 heavy (non-hydrogen) atoms. The summed E-state index contributed by atoms with van der Waals surface area (Å²) in [6.07, 6.45) is 15.3. The molecule has 0 spiro atoms. The Labute approximate surface area is 178 Å². The molecule has 6 heteroatoms. The molecule has 4 aliphatic carbocycles. The van der Waals surface area contributed by atoms with E-state index in [0.29, 0.717) is 24.2 Å². The lowest BCUT2D eigenvalue weighted by molar-refractivity contribution is -0.0236. The maximum absolute atomic E-state index is 11.3. The topological polar surface area (TPSA) is 79.7 Å². The smallest absolute Gasteiger partial charge is 0.303 e. The number of phosphoric ester groups is 1.